The Morgan fingerprint density at radius 2 is 2.08 bits per heavy atom. The molecule has 0 saturated carbocycles. The van der Waals surface area contributed by atoms with Crippen LogP contribution >= 0.6 is 0 Å². The van der Waals surface area contributed by atoms with Crippen LogP contribution in [0.2, 0.25) is 0 Å². The number of anilines is 1. The Kier molecular flexibility index (Phi) is 7.70. The molecule has 8 heteroatoms. The molecular weight excluding hydrogens is 456 g/mol. The molecule has 0 aliphatic carbocycles. The van der Waals surface area contributed by atoms with Crippen molar-refractivity contribution in [2.75, 3.05) is 38.1 Å². The van der Waals surface area contributed by atoms with Gasteiger partial charge in [0.15, 0.2) is 0 Å². The normalized spacial score (nSPS) is 19.9. The van der Waals surface area contributed by atoms with E-state index in [1.807, 2.05) is 18.2 Å². The first-order valence-corrected chi connectivity index (χ1v) is 13.3. The fraction of sp³-hybridized carbons (Fsp3) is 0.536. The van der Waals surface area contributed by atoms with Gasteiger partial charge in [-0.1, -0.05) is 18.2 Å². The number of ether oxygens (including phenoxy) is 1. The summed E-state index contributed by atoms with van der Waals surface area (Å²) in [6, 6.07) is 9.56. The first-order valence-electron chi connectivity index (χ1n) is 13.3. The van der Waals surface area contributed by atoms with E-state index in [-0.39, 0.29) is 18.2 Å². The maximum absolute atomic E-state index is 13.2. The van der Waals surface area contributed by atoms with Crippen molar-refractivity contribution in [1.29, 1.82) is 0 Å². The number of likely N-dealkylation sites (tertiary alicyclic amines) is 1. The predicted molar refractivity (Wildman–Crippen MR) is 137 cm³/mol. The summed E-state index contributed by atoms with van der Waals surface area (Å²) in [5.74, 6) is 0.712. The number of pyridine rings is 1. The lowest BCUT2D eigenvalue weighted by molar-refractivity contribution is -0.138. The molecule has 1 fully saturated rings. The number of rotatable bonds is 9. The summed E-state index contributed by atoms with van der Waals surface area (Å²) < 4.78 is 5.65. The van der Waals surface area contributed by atoms with Crippen molar-refractivity contribution in [1.82, 2.24) is 15.2 Å². The third-order valence-electron chi connectivity index (χ3n) is 7.55. The molecule has 1 amide bonds. The van der Waals surface area contributed by atoms with Crippen molar-refractivity contribution in [2.45, 2.75) is 57.4 Å². The maximum Gasteiger partial charge on any atom is 0.305 e. The molecule has 3 aliphatic rings. The monoisotopic (exact) mass is 492 g/mol. The number of nitrogens with one attached hydrogen (secondary N) is 2. The summed E-state index contributed by atoms with van der Waals surface area (Å²) in [7, 11) is 0. The highest BCUT2D eigenvalue weighted by molar-refractivity contribution is 5.80. The average Bonchev–Trinajstić information content (AvgIpc) is 3.36. The summed E-state index contributed by atoms with van der Waals surface area (Å²) in [4.78, 5) is 31.9. The van der Waals surface area contributed by atoms with E-state index in [2.05, 4.69) is 27.7 Å². The van der Waals surface area contributed by atoms with E-state index < -0.39 is 12.0 Å². The highest BCUT2D eigenvalue weighted by atomic mass is 16.5. The average molecular weight is 493 g/mol. The number of carbonyl (C=O) groups is 2. The Hall–Kier alpha value is -3.13. The Bertz CT molecular complexity index is 1100. The van der Waals surface area contributed by atoms with Crippen LogP contribution in [-0.2, 0) is 28.9 Å². The zero-order valence-electron chi connectivity index (χ0n) is 20.8. The summed E-state index contributed by atoms with van der Waals surface area (Å²) in [5.41, 5.74) is 4.34. The minimum Gasteiger partial charge on any atom is -0.493 e. The zero-order valence-corrected chi connectivity index (χ0v) is 20.8. The number of benzene rings is 1. The lowest BCUT2D eigenvalue weighted by Gasteiger charge is -2.33. The highest BCUT2D eigenvalue weighted by Crippen LogP contribution is 2.30. The Balaban J connectivity index is 1.14. The van der Waals surface area contributed by atoms with Crippen LogP contribution in [0.25, 0.3) is 0 Å². The fourth-order valence-electron chi connectivity index (χ4n) is 5.58. The van der Waals surface area contributed by atoms with Crippen molar-refractivity contribution < 1.29 is 19.4 Å². The third kappa shape index (κ3) is 5.98. The third-order valence-corrected chi connectivity index (χ3v) is 7.55. The molecular formula is C28H36N4O4. The molecule has 5 rings (SSSR count). The number of carboxylic acids is 1. The molecule has 1 saturated heterocycles. The van der Waals surface area contributed by atoms with Crippen LogP contribution in [0, 0.1) is 5.92 Å². The molecule has 1 aromatic carbocycles. The molecule has 2 aromatic rings. The van der Waals surface area contributed by atoms with Gasteiger partial charge in [0.1, 0.15) is 11.6 Å². The van der Waals surface area contributed by atoms with E-state index in [1.54, 1.807) is 0 Å². The highest BCUT2D eigenvalue weighted by Gasteiger charge is 2.29. The lowest BCUT2D eigenvalue weighted by Crippen LogP contribution is -2.44. The SMILES string of the molecule is O=C(O)CC(NC(=O)C1CCCN(CCCc2ccc3c(n2)NCCC3)C1)c1ccc2c(c1)OCC2. The topological polar surface area (TPSA) is 104 Å². The first kappa shape index (κ1) is 24.6. The van der Waals surface area contributed by atoms with Crippen molar-refractivity contribution in [3.05, 3.63) is 52.7 Å². The van der Waals surface area contributed by atoms with Gasteiger partial charge in [-0.3, -0.25) is 9.59 Å². The van der Waals surface area contributed by atoms with Gasteiger partial charge in [0.2, 0.25) is 5.91 Å². The van der Waals surface area contributed by atoms with E-state index in [9.17, 15) is 14.7 Å². The Labute approximate surface area is 212 Å². The standard InChI is InChI=1S/C28H36N4O4/c33-26(34)17-24(21-8-7-19-11-15-36-25(19)16-21)31-28(35)22-5-2-13-32(18-22)14-3-6-23-10-9-20-4-1-12-29-27(20)30-23/h7-10,16,22,24H,1-6,11-15,17-18H2,(H,29,30)(H,31,35)(H,33,34). The largest absolute Gasteiger partial charge is 0.493 e. The quantitative estimate of drug-likeness (QED) is 0.493. The van der Waals surface area contributed by atoms with Gasteiger partial charge in [-0.05, 0) is 80.4 Å². The molecule has 3 N–H and O–H groups in total. The molecule has 4 heterocycles. The van der Waals surface area contributed by atoms with E-state index in [0.717, 1.165) is 93.0 Å². The van der Waals surface area contributed by atoms with Gasteiger partial charge in [0.25, 0.3) is 0 Å². The van der Waals surface area contributed by atoms with E-state index in [1.165, 1.54) is 5.56 Å². The molecule has 2 atom stereocenters. The summed E-state index contributed by atoms with van der Waals surface area (Å²) >= 11 is 0. The van der Waals surface area contributed by atoms with Gasteiger partial charge in [0, 0.05) is 25.2 Å². The molecule has 192 valence electrons. The van der Waals surface area contributed by atoms with E-state index >= 15 is 0 Å². The number of hydrogen-bond acceptors (Lipinski definition) is 6. The molecule has 0 spiro atoms. The number of piperidine rings is 1. The zero-order chi connectivity index (χ0) is 24.9. The molecule has 0 bridgehead atoms. The second kappa shape index (κ2) is 11.3. The number of hydrogen-bond donors (Lipinski definition) is 3. The van der Waals surface area contributed by atoms with Crippen molar-refractivity contribution in [3.63, 3.8) is 0 Å². The second-order valence-corrected chi connectivity index (χ2v) is 10.2. The van der Waals surface area contributed by atoms with Crippen LogP contribution in [-0.4, -0.2) is 59.7 Å². The smallest absolute Gasteiger partial charge is 0.305 e. The van der Waals surface area contributed by atoms with Gasteiger partial charge >= 0.3 is 5.97 Å². The molecule has 36 heavy (non-hydrogen) atoms. The van der Waals surface area contributed by atoms with E-state index in [4.69, 9.17) is 9.72 Å². The molecule has 1 aromatic heterocycles. The van der Waals surface area contributed by atoms with Crippen LogP contribution in [0.1, 0.15) is 60.5 Å². The van der Waals surface area contributed by atoms with Crippen molar-refractivity contribution >= 4 is 17.7 Å². The summed E-state index contributed by atoms with van der Waals surface area (Å²) in [6.45, 7) is 4.26. The van der Waals surface area contributed by atoms with Crippen LogP contribution in [0.5, 0.6) is 5.75 Å². The van der Waals surface area contributed by atoms with Crippen molar-refractivity contribution in [2.24, 2.45) is 5.92 Å². The first-order chi connectivity index (χ1) is 17.5. The van der Waals surface area contributed by atoms with Crippen LogP contribution < -0.4 is 15.4 Å². The number of nitrogens with zero attached hydrogens (tertiary/aromatic N) is 2. The Morgan fingerprint density at radius 1 is 1.19 bits per heavy atom. The number of carboxylic acid groups (broad SMARTS) is 1. The van der Waals surface area contributed by atoms with Crippen molar-refractivity contribution in [3.8, 4) is 5.75 Å². The minimum absolute atomic E-state index is 0.0604. The van der Waals surface area contributed by atoms with Gasteiger partial charge in [0.05, 0.1) is 25.0 Å². The number of aryl methyl sites for hydroxylation is 2. The van der Waals surface area contributed by atoms with Crippen LogP contribution in [0.3, 0.4) is 0 Å². The van der Waals surface area contributed by atoms with Gasteiger partial charge in [-0.25, -0.2) is 4.98 Å². The number of aliphatic carboxylic acids is 1. The Morgan fingerprint density at radius 3 is 2.97 bits per heavy atom. The number of carbonyl (C=O) groups excluding carboxylic acids is 1. The molecule has 2 unspecified atom stereocenters. The number of fused-ring (bicyclic) bond motifs is 2. The molecule has 3 aliphatic heterocycles. The number of aromatic nitrogens is 1. The van der Waals surface area contributed by atoms with Crippen LogP contribution in [0.15, 0.2) is 30.3 Å². The molecule has 8 nitrogen and oxygen atoms in total. The number of amides is 1. The minimum atomic E-state index is -0.932. The summed E-state index contributed by atoms with van der Waals surface area (Å²) in [6.07, 6.45) is 6.69. The molecule has 0 radical (unpaired) electrons. The predicted octanol–water partition coefficient (Wildman–Crippen LogP) is 3.35. The van der Waals surface area contributed by atoms with Crippen LogP contribution in [0.4, 0.5) is 5.82 Å². The fourth-order valence-corrected chi connectivity index (χ4v) is 5.58. The van der Waals surface area contributed by atoms with Gasteiger partial charge in [-0.2, -0.15) is 0 Å². The lowest BCUT2D eigenvalue weighted by atomic mass is 9.95. The second-order valence-electron chi connectivity index (χ2n) is 10.2. The maximum atomic E-state index is 13.2. The van der Waals surface area contributed by atoms with Gasteiger partial charge in [-0.15, -0.1) is 0 Å². The van der Waals surface area contributed by atoms with Gasteiger partial charge < -0.3 is 25.4 Å². The summed E-state index contributed by atoms with van der Waals surface area (Å²) in [5, 5.41) is 15.9. The van der Waals surface area contributed by atoms with E-state index in [0.29, 0.717) is 13.2 Å².